The molecule has 156 valence electrons. The highest BCUT2D eigenvalue weighted by Gasteiger charge is 2.50. The van der Waals surface area contributed by atoms with Gasteiger partial charge in [-0.25, -0.2) is 0 Å². The summed E-state index contributed by atoms with van der Waals surface area (Å²) >= 11 is 0. The monoisotopic (exact) mass is 415 g/mol. The van der Waals surface area contributed by atoms with Crippen molar-refractivity contribution < 1.29 is 0 Å². The molecule has 3 aromatic carbocycles. The van der Waals surface area contributed by atoms with Crippen molar-refractivity contribution in [1.82, 2.24) is 0 Å². The zero-order valence-electron chi connectivity index (χ0n) is 18.6. The average Bonchev–Trinajstić information content (AvgIpc) is 2.82. The summed E-state index contributed by atoms with van der Waals surface area (Å²) in [6.45, 7) is 5.07. The first-order valence-electron chi connectivity index (χ1n) is 11.8. The van der Waals surface area contributed by atoms with E-state index in [0.29, 0.717) is 5.66 Å². The predicted octanol–water partition coefficient (Wildman–Crippen LogP) is 6.98. The quantitative estimate of drug-likeness (QED) is 0.365. The summed E-state index contributed by atoms with van der Waals surface area (Å²) in [6.07, 6.45) is 8.47. The fourth-order valence-electron chi connectivity index (χ4n) is 5.79. The van der Waals surface area contributed by atoms with Gasteiger partial charge in [-0.3, -0.25) is 0 Å². The standard InChI is InChI=1S/C29H36P/c1-24(26-15-7-3-8-16-26)23-25(2)30(27-17-9-4-10-18-27,28-19-11-5-12-20-28)29-21-13-6-14-22-29/h4-6,9-14,17-22,24-26H,3,7-8,15-16,23H2,1-2H3/q+1. The molecule has 2 unspecified atom stereocenters. The van der Waals surface area contributed by atoms with Gasteiger partial charge in [0, 0.05) is 0 Å². The molecule has 1 aliphatic carbocycles. The maximum atomic E-state index is 2.54. The minimum absolute atomic E-state index is 0.613. The lowest BCUT2D eigenvalue weighted by atomic mass is 9.79. The highest BCUT2D eigenvalue weighted by atomic mass is 31.2. The average molecular weight is 416 g/mol. The van der Waals surface area contributed by atoms with E-state index in [1.165, 1.54) is 54.4 Å². The number of hydrogen-bond donors (Lipinski definition) is 0. The topological polar surface area (TPSA) is 0 Å². The molecule has 0 saturated heterocycles. The van der Waals surface area contributed by atoms with Crippen LogP contribution in [0.4, 0.5) is 0 Å². The second kappa shape index (κ2) is 9.93. The van der Waals surface area contributed by atoms with E-state index in [1.54, 1.807) is 0 Å². The predicted molar refractivity (Wildman–Crippen MR) is 135 cm³/mol. The molecule has 0 aliphatic heterocycles. The van der Waals surface area contributed by atoms with Crippen LogP contribution < -0.4 is 15.9 Å². The molecule has 0 heterocycles. The Kier molecular flexibility index (Phi) is 7.06. The van der Waals surface area contributed by atoms with Gasteiger partial charge in [-0.05, 0) is 61.6 Å². The zero-order valence-corrected chi connectivity index (χ0v) is 19.5. The van der Waals surface area contributed by atoms with Crippen molar-refractivity contribution >= 4 is 23.2 Å². The van der Waals surface area contributed by atoms with E-state index in [9.17, 15) is 0 Å². The highest BCUT2D eigenvalue weighted by molar-refractivity contribution is 7.96. The lowest BCUT2D eigenvalue weighted by Crippen LogP contribution is -2.38. The van der Waals surface area contributed by atoms with Gasteiger partial charge >= 0.3 is 0 Å². The van der Waals surface area contributed by atoms with Crippen LogP contribution in [-0.4, -0.2) is 5.66 Å². The van der Waals surface area contributed by atoms with Gasteiger partial charge in [0.2, 0.25) is 0 Å². The third kappa shape index (κ3) is 4.26. The molecule has 0 radical (unpaired) electrons. The minimum atomic E-state index is -1.75. The normalized spacial score (nSPS) is 17.4. The SMILES string of the molecule is CC(CC(C)[P+](c1ccccc1)(c1ccccc1)c1ccccc1)C1CCCCC1. The van der Waals surface area contributed by atoms with Crippen LogP contribution in [0.1, 0.15) is 52.4 Å². The van der Waals surface area contributed by atoms with Gasteiger partial charge in [0.05, 0.1) is 5.66 Å². The Morgan fingerprint density at radius 2 is 1.03 bits per heavy atom. The molecule has 0 amide bonds. The molecule has 1 saturated carbocycles. The maximum absolute atomic E-state index is 2.54. The number of rotatable bonds is 7. The van der Waals surface area contributed by atoms with Crippen LogP contribution in [0.25, 0.3) is 0 Å². The summed E-state index contributed by atoms with van der Waals surface area (Å²) in [5.74, 6) is 1.70. The molecule has 2 atom stereocenters. The largest absolute Gasteiger partial charge is 0.114 e. The first kappa shape index (κ1) is 21.3. The number of benzene rings is 3. The van der Waals surface area contributed by atoms with Gasteiger partial charge in [-0.2, -0.15) is 0 Å². The van der Waals surface area contributed by atoms with E-state index in [1.807, 2.05) is 0 Å². The van der Waals surface area contributed by atoms with Gasteiger partial charge in [0.15, 0.2) is 0 Å². The molecule has 3 aromatic rings. The molecule has 0 N–H and O–H groups in total. The summed E-state index contributed by atoms with van der Waals surface area (Å²) in [6, 6.07) is 34.2. The van der Waals surface area contributed by atoms with Crippen molar-refractivity contribution in [1.29, 1.82) is 0 Å². The third-order valence-electron chi connectivity index (χ3n) is 7.32. The van der Waals surface area contributed by atoms with Crippen LogP contribution in [0.3, 0.4) is 0 Å². The van der Waals surface area contributed by atoms with Gasteiger partial charge in [-0.1, -0.05) is 93.6 Å². The fourth-order valence-corrected chi connectivity index (χ4v) is 10.8. The van der Waals surface area contributed by atoms with E-state index in [0.717, 1.165) is 11.8 Å². The Labute approximate surface area is 184 Å². The lowest BCUT2D eigenvalue weighted by molar-refractivity contribution is 0.252. The number of hydrogen-bond acceptors (Lipinski definition) is 0. The molecule has 0 nitrogen and oxygen atoms in total. The van der Waals surface area contributed by atoms with Crippen molar-refractivity contribution in [3.63, 3.8) is 0 Å². The molecule has 0 spiro atoms. The van der Waals surface area contributed by atoms with E-state index >= 15 is 0 Å². The highest BCUT2D eigenvalue weighted by Crippen LogP contribution is 2.61. The molecule has 1 aliphatic rings. The van der Waals surface area contributed by atoms with Crippen LogP contribution in [0, 0.1) is 11.8 Å². The van der Waals surface area contributed by atoms with Crippen molar-refractivity contribution in [2.24, 2.45) is 11.8 Å². The van der Waals surface area contributed by atoms with Crippen LogP contribution in [-0.2, 0) is 0 Å². The smallest absolute Gasteiger partial charge is 0.0621 e. The Bertz CT molecular complexity index is 785. The molecule has 0 bridgehead atoms. The Balaban J connectivity index is 1.82. The second-order valence-corrected chi connectivity index (χ2v) is 13.1. The molecule has 1 fully saturated rings. The van der Waals surface area contributed by atoms with Gasteiger partial charge < -0.3 is 0 Å². The van der Waals surface area contributed by atoms with Crippen molar-refractivity contribution in [2.45, 2.75) is 58.0 Å². The lowest BCUT2D eigenvalue weighted by Gasteiger charge is -2.36. The van der Waals surface area contributed by atoms with E-state index in [-0.39, 0.29) is 0 Å². The van der Waals surface area contributed by atoms with E-state index in [4.69, 9.17) is 0 Å². The molecule has 4 rings (SSSR count). The summed E-state index contributed by atoms with van der Waals surface area (Å²) in [7, 11) is -1.75. The molecule has 0 aromatic heterocycles. The zero-order chi connectivity index (χ0) is 20.8. The molecular weight excluding hydrogens is 379 g/mol. The molecular formula is C29H36P+. The molecule has 1 heteroatoms. The Morgan fingerprint density at radius 1 is 0.633 bits per heavy atom. The second-order valence-electron chi connectivity index (χ2n) is 9.19. The van der Waals surface area contributed by atoms with Gasteiger partial charge in [0.1, 0.15) is 23.2 Å². The maximum Gasteiger partial charge on any atom is 0.114 e. The first-order chi connectivity index (χ1) is 14.7. The third-order valence-corrected chi connectivity index (χ3v) is 12.2. The summed E-state index contributed by atoms with van der Waals surface area (Å²) in [5.41, 5.74) is 0.613. The Morgan fingerprint density at radius 3 is 1.43 bits per heavy atom. The summed E-state index contributed by atoms with van der Waals surface area (Å²) < 4.78 is 0. The molecule has 30 heavy (non-hydrogen) atoms. The van der Waals surface area contributed by atoms with Gasteiger partial charge in [-0.15, -0.1) is 0 Å². The van der Waals surface area contributed by atoms with Crippen LogP contribution >= 0.6 is 7.26 Å². The fraction of sp³-hybridized carbons (Fsp3) is 0.379. The minimum Gasteiger partial charge on any atom is -0.0621 e. The van der Waals surface area contributed by atoms with Crippen molar-refractivity contribution in [3.8, 4) is 0 Å². The van der Waals surface area contributed by atoms with Crippen LogP contribution in [0.5, 0.6) is 0 Å². The van der Waals surface area contributed by atoms with E-state index < -0.39 is 7.26 Å². The van der Waals surface area contributed by atoms with Gasteiger partial charge in [0.25, 0.3) is 0 Å². The van der Waals surface area contributed by atoms with Crippen molar-refractivity contribution in [3.05, 3.63) is 91.0 Å². The Hall–Kier alpha value is -1.91. The summed E-state index contributed by atoms with van der Waals surface area (Å²) in [5, 5.41) is 4.56. The summed E-state index contributed by atoms with van der Waals surface area (Å²) in [4.78, 5) is 0. The van der Waals surface area contributed by atoms with E-state index in [2.05, 4.69) is 105 Å². The van der Waals surface area contributed by atoms with Crippen LogP contribution in [0.2, 0.25) is 0 Å². The van der Waals surface area contributed by atoms with Crippen LogP contribution in [0.15, 0.2) is 91.0 Å². The van der Waals surface area contributed by atoms with Crippen molar-refractivity contribution in [2.75, 3.05) is 0 Å². The first-order valence-corrected chi connectivity index (χ1v) is 13.6.